The summed E-state index contributed by atoms with van der Waals surface area (Å²) in [6.45, 7) is 1.48. The van der Waals surface area contributed by atoms with Crippen LogP contribution in [0.1, 0.15) is 23.7 Å². The standard InChI is InChI=1S/C28H28N2O6/c1-17-13-20(17)27(32)30-23-15-25(35-3)24(34-2)14-21(23)28(33)36-16-26(31)29-22-12-8-7-11-19(22)18-9-5-4-6-10-18/h4-12,14-15,17,20H,13,16H2,1-3H3,(H,29,31)(H,30,32). The van der Waals surface area contributed by atoms with E-state index < -0.39 is 18.5 Å². The van der Waals surface area contributed by atoms with Crippen molar-refractivity contribution in [2.24, 2.45) is 11.8 Å². The van der Waals surface area contributed by atoms with Crippen molar-refractivity contribution in [2.45, 2.75) is 13.3 Å². The zero-order chi connectivity index (χ0) is 25.7. The molecule has 8 heteroatoms. The maximum absolute atomic E-state index is 13.0. The molecular formula is C28H28N2O6. The molecule has 2 N–H and O–H groups in total. The molecule has 3 aromatic rings. The topological polar surface area (TPSA) is 103 Å². The van der Waals surface area contributed by atoms with Crippen molar-refractivity contribution < 1.29 is 28.6 Å². The molecular weight excluding hydrogens is 460 g/mol. The van der Waals surface area contributed by atoms with Gasteiger partial charge in [-0.3, -0.25) is 9.59 Å². The number of para-hydroxylation sites is 1. The Morgan fingerprint density at radius 2 is 1.50 bits per heavy atom. The Morgan fingerprint density at radius 1 is 0.861 bits per heavy atom. The minimum atomic E-state index is -0.776. The molecule has 4 rings (SSSR count). The largest absolute Gasteiger partial charge is 0.493 e. The number of esters is 1. The second-order valence-electron chi connectivity index (χ2n) is 8.60. The van der Waals surface area contributed by atoms with Crippen molar-refractivity contribution in [3.63, 3.8) is 0 Å². The Bertz CT molecular complexity index is 1270. The smallest absolute Gasteiger partial charge is 0.340 e. The Hall–Kier alpha value is -4.33. The summed E-state index contributed by atoms with van der Waals surface area (Å²) in [6.07, 6.45) is 0.795. The van der Waals surface area contributed by atoms with Gasteiger partial charge in [0.15, 0.2) is 18.1 Å². The first-order valence-electron chi connectivity index (χ1n) is 11.6. The van der Waals surface area contributed by atoms with E-state index in [1.807, 2.05) is 55.5 Å². The molecule has 1 aliphatic rings. The molecule has 2 amide bonds. The van der Waals surface area contributed by atoms with Crippen LogP contribution in [0.5, 0.6) is 11.5 Å². The third kappa shape index (κ3) is 5.66. The molecule has 2 unspecified atom stereocenters. The Kier molecular flexibility index (Phi) is 7.53. The maximum atomic E-state index is 13.0. The van der Waals surface area contributed by atoms with E-state index in [4.69, 9.17) is 14.2 Å². The van der Waals surface area contributed by atoms with Gasteiger partial charge >= 0.3 is 5.97 Å². The number of nitrogens with one attached hydrogen (secondary N) is 2. The van der Waals surface area contributed by atoms with Crippen LogP contribution in [0.2, 0.25) is 0 Å². The Morgan fingerprint density at radius 3 is 2.17 bits per heavy atom. The van der Waals surface area contributed by atoms with Crippen LogP contribution >= 0.6 is 0 Å². The summed E-state index contributed by atoms with van der Waals surface area (Å²) in [5, 5.41) is 5.59. The van der Waals surface area contributed by atoms with E-state index in [9.17, 15) is 14.4 Å². The number of methoxy groups -OCH3 is 2. The number of anilines is 2. The van der Waals surface area contributed by atoms with Gasteiger partial charge in [0.25, 0.3) is 5.91 Å². The summed E-state index contributed by atoms with van der Waals surface area (Å²) in [6, 6.07) is 19.9. The Labute approximate surface area is 209 Å². The molecule has 3 aromatic carbocycles. The minimum absolute atomic E-state index is 0.0618. The number of hydrogen-bond acceptors (Lipinski definition) is 6. The van der Waals surface area contributed by atoms with E-state index in [1.165, 1.54) is 26.4 Å². The van der Waals surface area contributed by atoms with Crippen LogP contribution in [0.15, 0.2) is 66.7 Å². The summed E-state index contributed by atoms with van der Waals surface area (Å²) in [4.78, 5) is 38.1. The van der Waals surface area contributed by atoms with Crippen molar-refractivity contribution in [3.8, 4) is 22.6 Å². The predicted octanol–water partition coefficient (Wildman–Crippen LogP) is 4.76. The van der Waals surface area contributed by atoms with Crippen molar-refractivity contribution in [1.82, 2.24) is 0 Å². The van der Waals surface area contributed by atoms with Gasteiger partial charge in [-0.25, -0.2) is 4.79 Å². The number of rotatable bonds is 9. The van der Waals surface area contributed by atoms with Crippen LogP contribution < -0.4 is 20.1 Å². The lowest BCUT2D eigenvalue weighted by Gasteiger charge is -2.15. The van der Waals surface area contributed by atoms with Gasteiger partial charge in [-0.15, -0.1) is 0 Å². The third-order valence-corrected chi connectivity index (χ3v) is 6.07. The molecule has 1 aliphatic carbocycles. The van der Waals surface area contributed by atoms with E-state index in [0.29, 0.717) is 23.1 Å². The fourth-order valence-corrected chi connectivity index (χ4v) is 3.92. The molecule has 0 heterocycles. The second kappa shape index (κ2) is 10.9. The minimum Gasteiger partial charge on any atom is -0.493 e. The van der Waals surface area contributed by atoms with Gasteiger partial charge in [-0.1, -0.05) is 55.5 Å². The summed E-state index contributed by atoms with van der Waals surface area (Å²) in [5.74, 6) is -0.613. The van der Waals surface area contributed by atoms with E-state index in [0.717, 1.165) is 17.5 Å². The van der Waals surface area contributed by atoms with Crippen molar-refractivity contribution in [3.05, 3.63) is 72.3 Å². The Balaban J connectivity index is 1.48. The molecule has 1 saturated carbocycles. The van der Waals surface area contributed by atoms with Crippen molar-refractivity contribution in [1.29, 1.82) is 0 Å². The number of ether oxygens (including phenoxy) is 3. The lowest BCUT2D eigenvalue weighted by atomic mass is 10.0. The van der Waals surface area contributed by atoms with E-state index in [1.54, 1.807) is 6.07 Å². The van der Waals surface area contributed by atoms with Crippen LogP contribution in [-0.4, -0.2) is 38.6 Å². The van der Waals surface area contributed by atoms with Gasteiger partial charge in [-0.05, 0) is 24.0 Å². The highest BCUT2D eigenvalue weighted by Crippen LogP contribution is 2.40. The summed E-state index contributed by atoms with van der Waals surface area (Å²) in [5.41, 5.74) is 2.68. The molecule has 8 nitrogen and oxygen atoms in total. The monoisotopic (exact) mass is 488 g/mol. The SMILES string of the molecule is COc1cc(NC(=O)C2CC2C)c(C(=O)OCC(=O)Nc2ccccc2-c2ccccc2)cc1OC. The van der Waals surface area contributed by atoms with Crippen LogP contribution in [-0.2, 0) is 14.3 Å². The van der Waals surface area contributed by atoms with Crippen LogP contribution in [0.3, 0.4) is 0 Å². The fourth-order valence-electron chi connectivity index (χ4n) is 3.92. The first-order valence-corrected chi connectivity index (χ1v) is 11.6. The molecule has 0 spiro atoms. The average molecular weight is 489 g/mol. The normalized spacial score (nSPS) is 16.0. The molecule has 0 radical (unpaired) electrons. The molecule has 0 bridgehead atoms. The quantitative estimate of drug-likeness (QED) is 0.421. The molecule has 1 fully saturated rings. The van der Waals surface area contributed by atoms with Gasteiger partial charge in [-0.2, -0.15) is 0 Å². The first kappa shape index (κ1) is 24.8. The van der Waals surface area contributed by atoms with Crippen LogP contribution in [0.25, 0.3) is 11.1 Å². The maximum Gasteiger partial charge on any atom is 0.340 e. The van der Waals surface area contributed by atoms with E-state index in [-0.39, 0.29) is 23.1 Å². The molecule has 186 valence electrons. The predicted molar refractivity (Wildman–Crippen MR) is 136 cm³/mol. The van der Waals surface area contributed by atoms with Gasteiger partial charge in [0.05, 0.1) is 25.5 Å². The number of benzene rings is 3. The van der Waals surface area contributed by atoms with E-state index in [2.05, 4.69) is 10.6 Å². The van der Waals surface area contributed by atoms with E-state index >= 15 is 0 Å². The van der Waals surface area contributed by atoms with Crippen LogP contribution in [0, 0.1) is 11.8 Å². The molecule has 0 saturated heterocycles. The summed E-state index contributed by atoms with van der Waals surface area (Å²) < 4.78 is 15.9. The zero-order valence-electron chi connectivity index (χ0n) is 20.4. The fraction of sp³-hybridized carbons (Fsp3) is 0.250. The molecule has 0 aliphatic heterocycles. The lowest BCUT2D eigenvalue weighted by molar-refractivity contribution is -0.119. The third-order valence-electron chi connectivity index (χ3n) is 6.07. The molecule has 36 heavy (non-hydrogen) atoms. The molecule has 2 atom stereocenters. The highest BCUT2D eigenvalue weighted by Gasteiger charge is 2.39. The van der Waals surface area contributed by atoms with Gasteiger partial charge in [0, 0.05) is 29.3 Å². The zero-order valence-corrected chi connectivity index (χ0v) is 20.4. The summed E-state index contributed by atoms with van der Waals surface area (Å²) in [7, 11) is 2.90. The molecule has 0 aromatic heterocycles. The lowest BCUT2D eigenvalue weighted by Crippen LogP contribution is -2.23. The second-order valence-corrected chi connectivity index (χ2v) is 8.60. The van der Waals surface area contributed by atoms with Crippen molar-refractivity contribution >= 4 is 29.2 Å². The number of amides is 2. The van der Waals surface area contributed by atoms with Gasteiger partial charge in [0.1, 0.15) is 0 Å². The number of carbonyl (C=O) groups excluding carboxylic acids is 3. The highest BCUT2D eigenvalue weighted by molar-refractivity contribution is 6.04. The average Bonchev–Trinajstić information content (AvgIpc) is 3.64. The number of carbonyl (C=O) groups is 3. The van der Waals surface area contributed by atoms with Gasteiger partial charge in [0.2, 0.25) is 5.91 Å². The summed E-state index contributed by atoms with van der Waals surface area (Å²) >= 11 is 0. The first-order chi connectivity index (χ1) is 17.4. The number of hydrogen-bond donors (Lipinski definition) is 2. The van der Waals surface area contributed by atoms with Gasteiger partial charge < -0.3 is 24.8 Å². The van der Waals surface area contributed by atoms with Crippen LogP contribution in [0.4, 0.5) is 11.4 Å². The van der Waals surface area contributed by atoms with Crippen molar-refractivity contribution in [2.75, 3.05) is 31.5 Å². The highest BCUT2D eigenvalue weighted by atomic mass is 16.5.